The first kappa shape index (κ1) is 11.5. The largest absolute Gasteiger partial charge is 0.480 e. The summed E-state index contributed by atoms with van der Waals surface area (Å²) in [5, 5.41) is 8.76. The van der Waals surface area contributed by atoms with Crippen LogP contribution in [0.1, 0.15) is 39.5 Å². The van der Waals surface area contributed by atoms with E-state index in [1.807, 2.05) is 6.92 Å². The first-order chi connectivity index (χ1) is 6.63. The zero-order chi connectivity index (χ0) is 10.6. The first-order valence-corrected chi connectivity index (χ1v) is 5.59. The average molecular weight is 199 g/mol. The number of rotatable bonds is 4. The molecule has 0 aromatic rings. The molecule has 0 aromatic heterocycles. The predicted octanol–water partition coefficient (Wildman–Crippen LogP) is 1.97. The van der Waals surface area contributed by atoms with Crippen LogP contribution in [0.5, 0.6) is 0 Å². The SMILES string of the molecule is CCN(CC(=O)O)C1CCC(C)CC1. The Morgan fingerprint density at radius 1 is 1.36 bits per heavy atom. The summed E-state index contributed by atoms with van der Waals surface area (Å²) >= 11 is 0. The minimum Gasteiger partial charge on any atom is -0.480 e. The van der Waals surface area contributed by atoms with Crippen LogP contribution in [0, 0.1) is 5.92 Å². The summed E-state index contributed by atoms with van der Waals surface area (Å²) in [6.07, 6.45) is 4.84. The van der Waals surface area contributed by atoms with Crippen LogP contribution in [0.25, 0.3) is 0 Å². The number of aliphatic carboxylic acids is 1. The first-order valence-electron chi connectivity index (χ1n) is 5.59. The van der Waals surface area contributed by atoms with Crippen LogP contribution in [-0.2, 0) is 4.79 Å². The number of hydrogen-bond donors (Lipinski definition) is 1. The molecule has 0 radical (unpaired) electrons. The molecule has 0 bridgehead atoms. The summed E-state index contributed by atoms with van der Waals surface area (Å²) in [5.41, 5.74) is 0. The third kappa shape index (κ3) is 3.29. The lowest BCUT2D eigenvalue weighted by Gasteiger charge is -2.34. The average Bonchev–Trinajstić information content (AvgIpc) is 2.15. The second-order valence-electron chi connectivity index (χ2n) is 4.37. The normalized spacial score (nSPS) is 27.9. The molecule has 0 saturated heterocycles. The van der Waals surface area contributed by atoms with Crippen LogP contribution in [0.15, 0.2) is 0 Å². The summed E-state index contributed by atoms with van der Waals surface area (Å²) in [4.78, 5) is 12.7. The molecule has 1 aliphatic rings. The number of carbonyl (C=O) groups is 1. The number of carboxylic acids is 1. The van der Waals surface area contributed by atoms with Crippen LogP contribution >= 0.6 is 0 Å². The highest BCUT2D eigenvalue weighted by atomic mass is 16.4. The molecular formula is C11H21NO2. The van der Waals surface area contributed by atoms with Gasteiger partial charge in [0.25, 0.3) is 0 Å². The van der Waals surface area contributed by atoms with Gasteiger partial charge in [-0.1, -0.05) is 13.8 Å². The van der Waals surface area contributed by atoms with Crippen LogP contribution in [0.3, 0.4) is 0 Å². The van der Waals surface area contributed by atoms with Gasteiger partial charge in [-0.25, -0.2) is 0 Å². The van der Waals surface area contributed by atoms with Gasteiger partial charge in [-0.05, 0) is 38.1 Å². The Hall–Kier alpha value is -0.570. The van der Waals surface area contributed by atoms with Gasteiger partial charge >= 0.3 is 5.97 Å². The third-order valence-corrected chi connectivity index (χ3v) is 3.25. The smallest absolute Gasteiger partial charge is 0.317 e. The topological polar surface area (TPSA) is 40.5 Å². The van der Waals surface area contributed by atoms with Crippen molar-refractivity contribution < 1.29 is 9.90 Å². The summed E-state index contributed by atoms with van der Waals surface area (Å²) in [7, 11) is 0. The zero-order valence-corrected chi connectivity index (χ0v) is 9.20. The van der Waals surface area contributed by atoms with Crippen LogP contribution < -0.4 is 0 Å². The van der Waals surface area contributed by atoms with E-state index < -0.39 is 5.97 Å². The Kier molecular flexibility index (Phi) is 4.39. The molecule has 0 spiro atoms. The summed E-state index contributed by atoms with van der Waals surface area (Å²) in [5.74, 6) is 0.125. The van der Waals surface area contributed by atoms with Gasteiger partial charge in [0.1, 0.15) is 0 Å². The molecule has 0 aromatic carbocycles. The molecule has 1 fully saturated rings. The molecule has 1 saturated carbocycles. The molecule has 1 rings (SSSR count). The van der Waals surface area contributed by atoms with Gasteiger partial charge in [-0.15, -0.1) is 0 Å². The Balaban J connectivity index is 2.40. The number of nitrogens with zero attached hydrogens (tertiary/aromatic N) is 1. The van der Waals surface area contributed by atoms with Gasteiger partial charge in [-0.2, -0.15) is 0 Å². The van der Waals surface area contributed by atoms with E-state index in [0.29, 0.717) is 6.04 Å². The Labute approximate surface area is 86.1 Å². The second kappa shape index (κ2) is 5.35. The maximum absolute atomic E-state index is 10.6. The Morgan fingerprint density at radius 2 is 1.93 bits per heavy atom. The Bertz CT molecular complexity index is 186. The van der Waals surface area contributed by atoms with Crippen molar-refractivity contribution >= 4 is 5.97 Å². The summed E-state index contributed by atoms with van der Waals surface area (Å²) in [6.45, 7) is 5.38. The van der Waals surface area contributed by atoms with Crippen molar-refractivity contribution in [2.75, 3.05) is 13.1 Å². The van der Waals surface area contributed by atoms with Crippen LogP contribution in [-0.4, -0.2) is 35.1 Å². The molecule has 1 aliphatic carbocycles. The minimum atomic E-state index is -0.703. The molecule has 0 heterocycles. The molecule has 0 amide bonds. The van der Waals surface area contributed by atoms with Gasteiger partial charge in [-0.3, -0.25) is 9.69 Å². The molecule has 0 unspecified atom stereocenters. The lowest BCUT2D eigenvalue weighted by atomic mass is 9.86. The maximum Gasteiger partial charge on any atom is 0.317 e. The monoisotopic (exact) mass is 199 g/mol. The van der Waals surface area contributed by atoms with Gasteiger partial charge in [0, 0.05) is 6.04 Å². The fraction of sp³-hybridized carbons (Fsp3) is 0.909. The van der Waals surface area contributed by atoms with E-state index in [2.05, 4.69) is 11.8 Å². The van der Waals surface area contributed by atoms with Crippen molar-refractivity contribution in [2.45, 2.75) is 45.6 Å². The lowest BCUT2D eigenvalue weighted by Crippen LogP contribution is -2.40. The van der Waals surface area contributed by atoms with E-state index in [1.54, 1.807) is 0 Å². The highest BCUT2D eigenvalue weighted by molar-refractivity contribution is 5.69. The van der Waals surface area contributed by atoms with Crippen molar-refractivity contribution in [3.05, 3.63) is 0 Å². The van der Waals surface area contributed by atoms with Crippen molar-refractivity contribution in [1.29, 1.82) is 0 Å². The van der Waals surface area contributed by atoms with Gasteiger partial charge in [0.2, 0.25) is 0 Å². The van der Waals surface area contributed by atoms with Gasteiger partial charge in [0.15, 0.2) is 0 Å². The van der Waals surface area contributed by atoms with Gasteiger partial charge < -0.3 is 5.11 Å². The van der Waals surface area contributed by atoms with E-state index in [4.69, 9.17) is 5.11 Å². The summed E-state index contributed by atoms with van der Waals surface area (Å²) in [6, 6.07) is 0.507. The molecule has 1 N–H and O–H groups in total. The van der Waals surface area contributed by atoms with Crippen molar-refractivity contribution in [1.82, 2.24) is 4.90 Å². The molecular weight excluding hydrogens is 178 g/mol. The maximum atomic E-state index is 10.6. The second-order valence-corrected chi connectivity index (χ2v) is 4.37. The standard InChI is InChI=1S/C11H21NO2/c1-3-12(8-11(13)14)10-6-4-9(2)5-7-10/h9-10H,3-8H2,1-2H3,(H,13,14). The highest BCUT2D eigenvalue weighted by Gasteiger charge is 2.24. The van der Waals surface area contributed by atoms with Crippen molar-refractivity contribution in [3.8, 4) is 0 Å². The van der Waals surface area contributed by atoms with Crippen LogP contribution in [0.4, 0.5) is 0 Å². The van der Waals surface area contributed by atoms with Crippen molar-refractivity contribution in [3.63, 3.8) is 0 Å². The summed E-state index contributed by atoms with van der Waals surface area (Å²) < 4.78 is 0. The third-order valence-electron chi connectivity index (χ3n) is 3.25. The fourth-order valence-corrected chi connectivity index (χ4v) is 2.28. The number of likely N-dealkylation sites (N-methyl/N-ethyl adjacent to an activating group) is 1. The molecule has 14 heavy (non-hydrogen) atoms. The van der Waals surface area contributed by atoms with E-state index >= 15 is 0 Å². The molecule has 0 aliphatic heterocycles. The molecule has 3 heteroatoms. The lowest BCUT2D eigenvalue weighted by molar-refractivity contribution is -0.139. The van der Waals surface area contributed by atoms with Crippen molar-refractivity contribution in [2.24, 2.45) is 5.92 Å². The van der Waals surface area contributed by atoms with Crippen LogP contribution in [0.2, 0.25) is 0 Å². The quantitative estimate of drug-likeness (QED) is 0.752. The molecule has 82 valence electrons. The molecule has 3 nitrogen and oxygen atoms in total. The number of hydrogen-bond acceptors (Lipinski definition) is 2. The minimum absolute atomic E-state index is 0.204. The highest BCUT2D eigenvalue weighted by Crippen LogP contribution is 2.26. The van der Waals surface area contributed by atoms with Gasteiger partial charge in [0.05, 0.1) is 6.54 Å². The Morgan fingerprint density at radius 3 is 2.36 bits per heavy atom. The van der Waals surface area contributed by atoms with E-state index in [0.717, 1.165) is 12.5 Å². The zero-order valence-electron chi connectivity index (χ0n) is 9.20. The number of carboxylic acid groups (broad SMARTS) is 1. The van der Waals surface area contributed by atoms with E-state index in [1.165, 1.54) is 25.7 Å². The predicted molar refractivity (Wildman–Crippen MR) is 56.3 cm³/mol. The fourth-order valence-electron chi connectivity index (χ4n) is 2.28. The van der Waals surface area contributed by atoms with E-state index in [-0.39, 0.29) is 6.54 Å². The van der Waals surface area contributed by atoms with E-state index in [9.17, 15) is 4.79 Å². The molecule has 0 atom stereocenters.